The molecule has 1 atom stereocenters. The molecule has 0 bridgehead atoms. The predicted molar refractivity (Wildman–Crippen MR) is 110 cm³/mol. The molecule has 0 spiro atoms. The van der Waals surface area contributed by atoms with Gasteiger partial charge in [0.15, 0.2) is 0 Å². The molecule has 4 nitrogen and oxygen atoms in total. The average molecular weight is 410 g/mol. The normalized spacial score (nSPS) is 11.9. The molecule has 0 saturated heterocycles. The molecule has 4 rings (SSSR count). The number of carbonyl (C=O) groups is 1. The van der Waals surface area contributed by atoms with Crippen LogP contribution in [0.3, 0.4) is 0 Å². The number of thiophene rings is 1. The van der Waals surface area contributed by atoms with E-state index in [2.05, 4.69) is 15.3 Å². The van der Waals surface area contributed by atoms with E-state index < -0.39 is 0 Å². The third kappa shape index (κ3) is 4.32. The fourth-order valence-electron chi connectivity index (χ4n) is 2.80. The zero-order chi connectivity index (χ0) is 19.3. The zero-order valence-corrected chi connectivity index (χ0v) is 16.3. The van der Waals surface area contributed by atoms with Gasteiger partial charge >= 0.3 is 0 Å². The molecule has 0 aliphatic carbocycles. The van der Waals surface area contributed by atoms with E-state index in [1.54, 1.807) is 29.7 Å². The number of aromatic nitrogens is 2. The highest BCUT2D eigenvalue weighted by Gasteiger charge is 2.19. The Hall–Kier alpha value is -2.90. The molecule has 0 fully saturated rings. The third-order valence-corrected chi connectivity index (χ3v) is 5.96. The highest BCUT2D eigenvalue weighted by Crippen LogP contribution is 2.27. The van der Waals surface area contributed by atoms with Crippen LogP contribution >= 0.6 is 22.7 Å². The third-order valence-electron chi connectivity index (χ3n) is 4.11. The van der Waals surface area contributed by atoms with E-state index in [0.717, 1.165) is 21.1 Å². The summed E-state index contributed by atoms with van der Waals surface area (Å²) in [5.41, 5.74) is 2.33. The molecule has 7 heteroatoms. The van der Waals surface area contributed by atoms with E-state index in [1.165, 1.54) is 23.5 Å². The lowest BCUT2D eigenvalue weighted by Crippen LogP contribution is -2.30. The van der Waals surface area contributed by atoms with Crippen LogP contribution in [0.5, 0.6) is 0 Å². The molecular weight excluding hydrogens is 393 g/mol. The smallest absolute Gasteiger partial charge is 0.226 e. The molecule has 0 saturated carbocycles. The van der Waals surface area contributed by atoms with Gasteiger partial charge in [-0.2, -0.15) is 0 Å². The van der Waals surface area contributed by atoms with Gasteiger partial charge in [0.2, 0.25) is 5.91 Å². The summed E-state index contributed by atoms with van der Waals surface area (Å²) in [7, 11) is 0. The topological polar surface area (TPSA) is 54.9 Å². The van der Waals surface area contributed by atoms with Gasteiger partial charge in [-0.25, -0.2) is 9.37 Å². The number of nitrogens with zero attached hydrogens (tertiary/aromatic N) is 2. The van der Waals surface area contributed by atoms with E-state index >= 15 is 0 Å². The van der Waals surface area contributed by atoms with Gasteiger partial charge in [0.25, 0.3) is 0 Å². The summed E-state index contributed by atoms with van der Waals surface area (Å²) in [4.78, 5) is 22.5. The second-order valence-electron chi connectivity index (χ2n) is 6.10. The number of benzene rings is 1. The lowest BCUT2D eigenvalue weighted by molar-refractivity contribution is -0.120. The Kier molecular flexibility index (Phi) is 5.55. The molecular formula is C21H16FN3OS2. The van der Waals surface area contributed by atoms with Gasteiger partial charge < -0.3 is 5.32 Å². The SMILES string of the molecule is O=C(Cc1csc(-c2ccccn2)n1)NC(c1ccc(F)cc1)c1cccs1. The van der Waals surface area contributed by atoms with Crippen LogP contribution in [0.15, 0.2) is 71.6 Å². The molecule has 28 heavy (non-hydrogen) atoms. The van der Waals surface area contributed by atoms with Gasteiger partial charge in [-0.3, -0.25) is 9.78 Å². The maximum Gasteiger partial charge on any atom is 0.226 e. The standard InChI is InChI=1S/C21H16FN3OS2/c22-15-8-6-14(7-9-15)20(18-5-3-11-27-18)25-19(26)12-16-13-28-21(24-16)17-4-1-2-10-23-17/h1-11,13,20H,12H2,(H,25,26). The van der Waals surface area contributed by atoms with E-state index in [-0.39, 0.29) is 24.2 Å². The Balaban J connectivity index is 1.49. The fourth-order valence-corrected chi connectivity index (χ4v) is 4.40. The van der Waals surface area contributed by atoms with Crippen LogP contribution in [0.4, 0.5) is 4.39 Å². The minimum atomic E-state index is -0.318. The van der Waals surface area contributed by atoms with E-state index in [4.69, 9.17) is 0 Å². The second-order valence-corrected chi connectivity index (χ2v) is 7.94. The van der Waals surface area contributed by atoms with Crippen molar-refractivity contribution in [2.75, 3.05) is 0 Å². The van der Waals surface area contributed by atoms with E-state index in [0.29, 0.717) is 5.69 Å². The van der Waals surface area contributed by atoms with Crippen molar-refractivity contribution in [3.63, 3.8) is 0 Å². The first-order valence-electron chi connectivity index (χ1n) is 8.63. The summed E-state index contributed by atoms with van der Waals surface area (Å²) < 4.78 is 13.3. The van der Waals surface area contributed by atoms with Crippen molar-refractivity contribution in [1.82, 2.24) is 15.3 Å². The summed E-state index contributed by atoms with van der Waals surface area (Å²) >= 11 is 3.02. The number of amides is 1. The van der Waals surface area contributed by atoms with Crippen molar-refractivity contribution in [2.45, 2.75) is 12.5 Å². The largest absolute Gasteiger partial charge is 0.344 e. The molecule has 0 aliphatic rings. The monoisotopic (exact) mass is 409 g/mol. The van der Waals surface area contributed by atoms with Crippen LogP contribution in [0, 0.1) is 5.82 Å². The van der Waals surface area contributed by atoms with E-state index in [9.17, 15) is 9.18 Å². The molecule has 3 heterocycles. The number of hydrogen-bond donors (Lipinski definition) is 1. The van der Waals surface area contributed by atoms with Crippen molar-refractivity contribution in [3.05, 3.63) is 93.5 Å². The molecule has 1 amide bonds. The first kappa shape index (κ1) is 18.5. The first-order valence-corrected chi connectivity index (χ1v) is 10.4. The van der Waals surface area contributed by atoms with Crippen molar-refractivity contribution in [1.29, 1.82) is 0 Å². The Morgan fingerprint density at radius 3 is 2.64 bits per heavy atom. The Labute approximate surface area is 169 Å². The predicted octanol–water partition coefficient (Wildman–Crippen LogP) is 4.85. The van der Waals surface area contributed by atoms with Crippen molar-refractivity contribution in [2.24, 2.45) is 0 Å². The summed E-state index contributed by atoms with van der Waals surface area (Å²) in [6.45, 7) is 0. The molecule has 140 valence electrons. The maximum atomic E-state index is 13.3. The number of pyridine rings is 1. The van der Waals surface area contributed by atoms with Crippen LogP contribution in [0.2, 0.25) is 0 Å². The number of hydrogen-bond acceptors (Lipinski definition) is 5. The lowest BCUT2D eigenvalue weighted by Gasteiger charge is -2.18. The first-order chi connectivity index (χ1) is 13.7. The summed E-state index contributed by atoms with van der Waals surface area (Å²) in [5.74, 6) is -0.440. The van der Waals surface area contributed by atoms with Crippen molar-refractivity contribution >= 4 is 28.6 Å². The minimum Gasteiger partial charge on any atom is -0.344 e. The molecule has 1 N–H and O–H groups in total. The Bertz CT molecular complexity index is 1050. The van der Waals surface area contributed by atoms with Crippen molar-refractivity contribution < 1.29 is 9.18 Å². The zero-order valence-electron chi connectivity index (χ0n) is 14.7. The van der Waals surface area contributed by atoms with Gasteiger partial charge in [0, 0.05) is 16.5 Å². The van der Waals surface area contributed by atoms with Crippen LogP contribution in [0.25, 0.3) is 10.7 Å². The average Bonchev–Trinajstić information content (AvgIpc) is 3.40. The van der Waals surface area contributed by atoms with Crippen LogP contribution < -0.4 is 5.32 Å². The highest BCUT2D eigenvalue weighted by molar-refractivity contribution is 7.13. The number of nitrogens with one attached hydrogen (secondary N) is 1. The summed E-state index contributed by atoms with van der Waals surface area (Å²) in [6.07, 6.45) is 1.89. The molecule has 1 unspecified atom stereocenters. The molecule has 0 radical (unpaired) electrons. The second kappa shape index (κ2) is 8.41. The van der Waals surface area contributed by atoms with Crippen LogP contribution in [-0.2, 0) is 11.2 Å². The van der Waals surface area contributed by atoms with E-state index in [1.807, 2.05) is 41.1 Å². The number of halogens is 1. The molecule has 0 aliphatic heterocycles. The van der Waals surface area contributed by atoms with Crippen molar-refractivity contribution in [3.8, 4) is 10.7 Å². The van der Waals surface area contributed by atoms with Gasteiger partial charge in [-0.05, 0) is 41.3 Å². The molecule has 1 aromatic carbocycles. The van der Waals surface area contributed by atoms with Gasteiger partial charge in [-0.1, -0.05) is 24.3 Å². The molecule has 4 aromatic rings. The Morgan fingerprint density at radius 1 is 1.07 bits per heavy atom. The minimum absolute atomic E-state index is 0.138. The fraction of sp³-hybridized carbons (Fsp3) is 0.0952. The maximum absolute atomic E-state index is 13.3. The van der Waals surface area contributed by atoms with Gasteiger partial charge in [0.1, 0.15) is 10.8 Å². The van der Waals surface area contributed by atoms with Gasteiger partial charge in [0.05, 0.1) is 23.9 Å². The quantitative estimate of drug-likeness (QED) is 0.495. The Morgan fingerprint density at radius 2 is 1.93 bits per heavy atom. The lowest BCUT2D eigenvalue weighted by atomic mass is 10.0. The highest BCUT2D eigenvalue weighted by atomic mass is 32.1. The molecule has 3 aromatic heterocycles. The number of rotatable bonds is 6. The summed E-state index contributed by atoms with van der Waals surface area (Å²) in [5, 5.41) is 7.67. The number of thiazole rings is 1. The van der Waals surface area contributed by atoms with Gasteiger partial charge in [-0.15, -0.1) is 22.7 Å². The summed E-state index contributed by atoms with van der Waals surface area (Å²) in [6, 6.07) is 15.4. The number of carbonyl (C=O) groups excluding carboxylic acids is 1. The van der Waals surface area contributed by atoms with Crippen LogP contribution in [0.1, 0.15) is 22.2 Å². The van der Waals surface area contributed by atoms with Crippen LogP contribution in [-0.4, -0.2) is 15.9 Å².